The van der Waals surface area contributed by atoms with Crippen molar-refractivity contribution in [1.82, 2.24) is 4.90 Å². The minimum absolute atomic E-state index is 0.176. The summed E-state index contributed by atoms with van der Waals surface area (Å²) in [7, 11) is 0. The second-order valence-electron chi connectivity index (χ2n) is 4.53. The third-order valence-corrected chi connectivity index (χ3v) is 3.37. The van der Waals surface area contributed by atoms with Gasteiger partial charge < -0.3 is 4.74 Å². The maximum Gasteiger partial charge on any atom is 0.229 e. The van der Waals surface area contributed by atoms with Gasteiger partial charge in [0.15, 0.2) is 0 Å². The molecule has 1 aromatic carbocycles. The standard InChI is InChI=1S/C13H18N2O3/c1-11(15(16)17)13(12-5-3-2-4-6-12)14-7-9-18-10-8-14/h2-6,11,13H,7-10H2,1H3/t11-,13+/m0/s1. The zero-order chi connectivity index (χ0) is 13.0. The van der Waals surface area contributed by atoms with Gasteiger partial charge in [0, 0.05) is 24.9 Å². The summed E-state index contributed by atoms with van der Waals surface area (Å²) in [5, 5.41) is 11.1. The highest BCUT2D eigenvalue weighted by Gasteiger charge is 2.34. The zero-order valence-corrected chi connectivity index (χ0v) is 10.5. The number of ether oxygens (including phenoxy) is 1. The Morgan fingerprint density at radius 1 is 1.28 bits per heavy atom. The summed E-state index contributed by atoms with van der Waals surface area (Å²) >= 11 is 0. The molecular weight excluding hydrogens is 232 g/mol. The van der Waals surface area contributed by atoms with Crippen LogP contribution in [0.4, 0.5) is 0 Å². The maximum atomic E-state index is 11.1. The molecule has 1 aliphatic rings. The number of morpholine rings is 1. The quantitative estimate of drug-likeness (QED) is 0.603. The molecule has 0 unspecified atom stereocenters. The van der Waals surface area contributed by atoms with E-state index >= 15 is 0 Å². The van der Waals surface area contributed by atoms with Crippen molar-refractivity contribution < 1.29 is 9.66 Å². The molecule has 0 N–H and O–H groups in total. The molecule has 1 aromatic rings. The van der Waals surface area contributed by atoms with Gasteiger partial charge in [-0.25, -0.2) is 0 Å². The van der Waals surface area contributed by atoms with Crippen molar-refractivity contribution in [2.75, 3.05) is 26.3 Å². The smallest absolute Gasteiger partial charge is 0.229 e. The molecule has 0 aromatic heterocycles. The summed E-state index contributed by atoms with van der Waals surface area (Å²) in [6.07, 6.45) is 0. The Kier molecular flexibility index (Phi) is 4.28. The fourth-order valence-electron chi connectivity index (χ4n) is 2.42. The lowest BCUT2D eigenvalue weighted by Crippen LogP contribution is -2.44. The van der Waals surface area contributed by atoms with Crippen LogP contribution in [0.3, 0.4) is 0 Å². The largest absolute Gasteiger partial charge is 0.379 e. The molecule has 0 bridgehead atoms. The van der Waals surface area contributed by atoms with E-state index in [2.05, 4.69) is 4.90 Å². The topological polar surface area (TPSA) is 55.6 Å². The van der Waals surface area contributed by atoms with Gasteiger partial charge in [-0.05, 0) is 5.56 Å². The van der Waals surface area contributed by atoms with Gasteiger partial charge in [0.1, 0.15) is 6.04 Å². The normalized spacial score (nSPS) is 20.3. The number of benzene rings is 1. The lowest BCUT2D eigenvalue weighted by Gasteiger charge is -2.34. The summed E-state index contributed by atoms with van der Waals surface area (Å²) in [4.78, 5) is 13.0. The first-order chi connectivity index (χ1) is 8.70. The van der Waals surface area contributed by atoms with Crippen LogP contribution in [-0.2, 0) is 4.74 Å². The van der Waals surface area contributed by atoms with E-state index in [0.717, 1.165) is 18.7 Å². The minimum atomic E-state index is -0.620. The van der Waals surface area contributed by atoms with Crippen molar-refractivity contribution in [2.45, 2.75) is 19.0 Å². The number of hydrogen-bond acceptors (Lipinski definition) is 4. The van der Waals surface area contributed by atoms with E-state index in [0.29, 0.717) is 13.2 Å². The highest BCUT2D eigenvalue weighted by Crippen LogP contribution is 2.26. The van der Waals surface area contributed by atoms with Crippen molar-refractivity contribution in [3.05, 3.63) is 46.0 Å². The molecule has 0 radical (unpaired) electrons. The van der Waals surface area contributed by atoms with Crippen LogP contribution in [0.25, 0.3) is 0 Å². The van der Waals surface area contributed by atoms with Crippen molar-refractivity contribution in [2.24, 2.45) is 0 Å². The molecule has 18 heavy (non-hydrogen) atoms. The average Bonchev–Trinajstić information content (AvgIpc) is 2.41. The van der Waals surface area contributed by atoms with Crippen molar-refractivity contribution >= 4 is 0 Å². The summed E-state index contributed by atoms with van der Waals surface area (Å²) in [5.41, 5.74) is 1.00. The summed E-state index contributed by atoms with van der Waals surface area (Å²) in [5.74, 6) is 0. The molecule has 5 nitrogen and oxygen atoms in total. The fraction of sp³-hybridized carbons (Fsp3) is 0.538. The Hall–Kier alpha value is -1.46. The molecule has 98 valence electrons. The molecule has 2 rings (SSSR count). The lowest BCUT2D eigenvalue weighted by molar-refractivity contribution is -0.527. The lowest BCUT2D eigenvalue weighted by atomic mass is 9.98. The van der Waals surface area contributed by atoms with E-state index in [9.17, 15) is 10.1 Å². The highest BCUT2D eigenvalue weighted by atomic mass is 16.6. The Labute approximate surface area is 107 Å². The van der Waals surface area contributed by atoms with Gasteiger partial charge in [0.25, 0.3) is 0 Å². The molecule has 1 heterocycles. The van der Waals surface area contributed by atoms with Crippen LogP contribution in [-0.4, -0.2) is 42.2 Å². The van der Waals surface area contributed by atoms with E-state index in [1.807, 2.05) is 30.3 Å². The van der Waals surface area contributed by atoms with Crippen molar-refractivity contribution in [3.63, 3.8) is 0 Å². The van der Waals surface area contributed by atoms with Gasteiger partial charge >= 0.3 is 0 Å². The van der Waals surface area contributed by atoms with Crippen LogP contribution >= 0.6 is 0 Å². The molecule has 1 fully saturated rings. The number of nitrogens with zero attached hydrogens (tertiary/aromatic N) is 2. The molecule has 1 saturated heterocycles. The van der Waals surface area contributed by atoms with Crippen molar-refractivity contribution in [3.8, 4) is 0 Å². The molecule has 0 aliphatic carbocycles. The predicted octanol–water partition coefficient (Wildman–Crippen LogP) is 1.73. The molecule has 0 spiro atoms. The van der Waals surface area contributed by atoms with Gasteiger partial charge in [-0.15, -0.1) is 0 Å². The summed E-state index contributed by atoms with van der Waals surface area (Å²) < 4.78 is 5.31. The van der Waals surface area contributed by atoms with Gasteiger partial charge in [0.05, 0.1) is 13.2 Å². The van der Waals surface area contributed by atoms with E-state index in [1.54, 1.807) is 6.92 Å². The van der Waals surface area contributed by atoms with E-state index in [1.165, 1.54) is 0 Å². The van der Waals surface area contributed by atoms with E-state index in [4.69, 9.17) is 4.74 Å². The van der Waals surface area contributed by atoms with Crippen LogP contribution in [0.1, 0.15) is 18.5 Å². The molecule has 0 saturated carbocycles. The second kappa shape index (κ2) is 5.93. The number of rotatable bonds is 4. The predicted molar refractivity (Wildman–Crippen MR) is 68.0 cm³/mol. The molecule has 1 aliphatic heterocycles. The third kappa shape index (κ3) is 2.86. The SMILES string of the molecule is C[C@@H]([C@H](c1ccccc1)N1CCOCC1)[N+](=O)[O-]. The Balaban J connectivity index is 2.25. The summed E-state index contributed by atoms with van der Waals surface area (Å²) in [6, 6.07) is 8.90. The van der Waals surface area contributed by atoms with E-state index < -0.39 is 6.04 Å². The van der Waals surface area contributed by atoms with Gasteiger partial charge in [-0.3, -0.25) is 15.0 Å². The summed E-state index contributed by atoms with van der Waals surface area (Å²) in [6.45, 7) is 4.46. The maximum absolute atomic E-state index is 11.1. The van der Waals surface area contributed by atoms with Crippen LogP contribution in [0, 0.1) is 10.1 Å². The minimum Gasteiger partial charge on any atom is -0.379 e. The van der Waals surface area contributed by atoms with Crippen LogP contribution in [0.15, 0.2) is 30.3 Å². The molecule has 5 heteroatoms. The average molecular weight is 250 g/mol. The zero-order valence-electron chi connectivity index (χ0n) is 10.5. The fourth-order valence-corrected chi connectivity index (χ4v) is 2.42. The number of hydrogen-bond donors (Lipinski definition) is 0. The van der Waals surface area contributed by atoms with Gasteiger partial charge in [0.2, 0.25) is 6.04 Å². The van der Waals surface area contributed by atoms with Crippen LogP contribution in [0.2, 0.25) is 0 Å². The third-order valence-electron chi connectivity index (χ3n) is 3.37. The van der Waals surface area contributed by atoms with Crippen LogP contribution < -0.4 is 0 Å². The Morgan fingerprint density at radius 2 is 1.89 bits per heavy atom. The highest BCUT2D eigenvalue weighted by molar-refractivity contribution is 5.20. The first-order valence-electron chi connectivity index (χ1n) is 6.20. The Bertz CT molecular complexity index is 390. The monoisotopic (exact) mass is 250 g/mol. The van der Waals surface area contributed by atoms with Crippen molar-refractivity contribution in [1.29, 1.82) is 0 Å². The van der Waals surface area contributed by atoms with Gasteiger partial charge in [-0.1, -0.05) is 30.3 Å². The van der Waals surface area contributed by atoms with Crippen LogP contribution in [0.5, 0.6) is 0 Å². The Morgan fingerprint density at radius 3 is 2.44 bits per heavy atom. The molecular formula is C13H18N2O3. The second-order valence-corrected chi connectivity index (χ2v) is 4.53. The number of nitro groups is 1. The molecule has 2 atom stereocenters. The first kappa shape index (κ1) is 13.0. The van der Waals surface area contributed by atoms with E-state index in [-0.39, 0.29) is 11.0 Å². The first-order valence-corrected chi connectivity index (χ1v) is 6.20. The van der Waals surface area contributed by atoms with Gasteiger partial charge in [-0.2, -0.15) is 0 Å². The molecule has 0 amide bonds.